The molecule has 2 rings (SSSR count). The van der Waals surface area contributed by atoms with E-state index in [1.54, 1.807) is 26.4 Å². The van der Waals surface area contributed by atoms with E-state index in [2.05, 4.69) is 15.3 Å². The Morgan fingerprint density at radius 2 is 1.89 bits per heavy atom. The van der Waals surface area contributed by atoms with Crippen molar-refractivity contribution in [2.24, 2.45) is 0 Å². The number of benzene rings is 1. The number of rotatable bonds is 5. The van der Waals surface area contributed by atoms with Crippen molar-refractivity contribution in [3.05, 3.63) is 17.4 Å². The largest absolute Gasteiger partial charge is 0.493 e. The van der Waals surface area contributed by atoms with Crippen molar-refractivity contribution in [3.63, 3.8) is 0 Å². The van der Waals surface area contributed by atoms with Crippen LogP contribution in [0.4, 0.5) is 5.82 Å². The van der Waals surface area contributed by atoms with Crippen molar-refractivity contribution < 1.29 is 14.6 Å². The number of anilines is 1. The minimum Gasteiger partial charge on any atom is -0.493 e. The van der Waals surface area contributed by atoms with Crippen LogP contribution >= 0.6 is 11.6 Å². The molecule has 2 aromatic rings. The lowest BCUT2D eigenvalue weighted by atomic mass is 10.2. The van der Waals surface area contributed by atoms with Crippen LogP contribution in [0.2, 0.25) is 5.28 Å². The molecule has 1 aromatic heterocycles. The Balaban J connectivity index is 2.61. The van der Waals surface area contributed by atoms with E-state index >= 15 is 0 Å². The molecular weight excluding hydrogens is 270 g/mol. The highest BCUT2D eigenvalue weighted by Crippen LogP contribution is 2.34. The van der Waals surface area contributed by atoms with Crippen LogP contribution in [0, 0.1) is 0 Å². The Bertz CT molecular complexity index is 592. The zero-order valence-corrected chi connectivity index (χ0v) is 11.4. The molecule has 1 heterocycles. The minimum absolute atomic E-state index is 0.00357. The quantitative estimate of drug-likeness (QED) is 0.814. The molecule has 6 nitrogen and oxygen atoms in total. The summed E-state index contributed by atoms with van der Waals surface area (Å²) >= 11 is 5.88. The summed E-state index contributed by atoms with van der Waals surface area (Å²) in [6, 6.07) is 3.50. The second-order valence-electron chi connectivity index (χ2n) is 3.72. The predicted molar refractivity (Wildman–Crippen MR) is 73.2 cm³/mol. The van der Waals surface area contributed by atoms with Gasteiger partial charge in [-0.3, -0.25) is 0 Å². The van der Waals surface area contributed by atoms with E-state index in [9.17, 15) is 0 Å². The summed E-state index contributed by atoms with van der Waals surface area (Å²) in [6.45, 7) is 0.368. The highest BCUT2D eigenvalue weighted by Gasteiger charge is 2.12. The molecule has 1 aromatic carbocycles. The Kier molecular flexibility index (Phi) is 4.24. The van der Waals surface area contributed by atoms with Gasteiger partial charge in [-0.2, -0.15) is 0 Å². The van der Waals surface area contributed by atoms with Crippen LogP contribution in [0.15, 0.2) is 12.1 Å². The van der Waals surface area contributed by atoms with Gasteiger partial charge in [0, 0.05) is 18.0 Å². The van der Waals surface area contributed by atoms with Gasteiger partial charge >= 0.3 is 0 Å². The predicted octanol–water partition coefficient (Wildman–Crippen LogP) is 1.70. The summed E-state index contributed by atoms with van der Waals surface area (Å²) in [5, 5.41) is 12.7. The molecule has 0 aliphatic heterocycles. The number of nitrogens with zero attached hydrogens (tertiary/aromatic N) is 2. The Morgan fingerprint density at radius 1 is 1.21 bits per heavy atom. The first-order valence-electron chi connectivity index (χ1n) is 5.63. The van der Waals surface area contributed by atoms with E-state index < -0.39 is 0 Å². The van der Waals surface area contributed by atoms with Crippen molar-refractivity contribution in [3.8, 4) is 11.5 Å². The zero-order chi connectivity index (χ0) is 13.8. The van der Waals surface area contributed by atoms with Crippen molar-refractivity contribution in [1.29, 1.82) is 0 Å². The highest BCUT2D eigenvalue weighted by atomic mass is 35.5. The maximum absolute atomic E-state index is 8.87. The number of hydrogen-bond acceptors (Lipinski definition) is 6. The number of methoxy groups -OCH3 is 2. The Hall–Kier alpha value is -1.79. The van der Waals surface area contributed by atoms with E-state index in [0.717, 1.165) is 5.39 Å². The van der Waals surface area contributed by atoms with Gasteiger partial charge in [-0.1, -0.05) is 0 Å². The second-order valence-corrected chi connectivity index (χ2v) is 4.05. The molecule has 102 valence electrons. The van der Waals surface area contributed by atoms with Gasteiger partial charge in [-0.15, -0.1) is 0 Å². The van der Waals surface area contributed by atoms with Crippen LogP contribution in [0.3, 0.4) is 0 Å². The fourth-order valence-electron chi connectivity index (χ4n) is 1.74. The smallest absolute Gasteiger partial charge is 0.224 e. The molecule has 0 saturated carbocycles. The van der Waals surface area contributed by atoms with Crippen LogP contribution in [-0.2, 0) is 0 Å². The fraction of sp³-hybridized carbons (Fsp3) is 0.333. The van der Waals surface area contributed by atoms with Gasteiger partial charge < -0.3 is 19.9 Å². The van der Waals surface area contributed by atoms with Gasteiger partial charge in [0.2, 0.25) is 5.28 Å². The third kappa shape index (κ3) is 2.80. The molecule has 0 radical (unpaired) electrons. The molecule has 7 heteroatoms. The van der Waals surface area contributed by atoms with Gasteiger partial charge in [0.25, 0.3) is 0 Å². The number of fused-ring (bicyclic) bond motifs is 1. The van der Waals surface area contributed by atoms with E-state index in [-0.39, 0.29) is 11.9 Å². The zero-order valence-electron chi connectivity index (χ0n) is 10.6. The first kappa shape index (κ1) is 13.6. The van der Waals surface area contributed by atoms with Crippen molar-refractivity contribution >= 4 is 28.3 Å². The van der Waals surface area contributed by atoms with Crippen molar-refractivity contribution in [2.75, 3.05) is 32.7 Å². The lowest BCUT2D eigenvalue weighted by molar-refractivity contribution is 0.311. The summed E-state index contributed by atoms with van der Waals surface area (Å²) in [4.78, 5) is 8.25. The number of aliphatic hydroxyl groups excluding tert-OH is 1. The fourth-order valence-corrected chi connectivity index (χ4v) is 1.91. The van der Waals surface area contributed by atoms with E-state index in [1.807, 2.05) is 0 Å². The first-order chi connectivity index (χ1) is 9.19. The molecule has 0 aliphatic carbocycles. The normalized spacial score (nSPS) is 10.5. The second kappa shape index (κ2) is 5.90. The molecular formula is C12H14ClN3O3. The van der Waals surface area contributed by atoms with Crippen LogP contribution < -0.4 is 14.8 Å². The maximum Gasteiger partial charge on any atom is 0.224 e. The topological polar surface area (TPSA) is 76.5 Å². The molecule has 0 aliphatic rings. The number of hydrogen-bond donors (Lipinski definition) is 2. The van der Waals surface area contributed by atoms with Crippen LogP contribution in [-0.4, -0.2) is 42.4 Å². The van der Waals surface area contributed by atoms with Crippen molar-refractivity contribution in [2.45, 2.75) is 0 Å². The summed E-state index contributed by atoms with van der Waals surface area (Å²) in [7, 11) is 3.11. The van der Waals surface area contributed by atoms with E-state index in [4.69, 9.17) is 26.2 Å². The van der Waals surface area contributed by atoms with Crippen LogP contribution in [0.25, 0.3) is 10.9 Å². The van der Waals surface area contributed by atoms with Gasteiger partial charge in [0.1, 0.15) is 5.82 Å². The van der Waals surface area contributed by atoms with E-state index in [0.29, 0.717) is 29.4 Å². The number of aliphatic hydroxyl groups is 1. The van der Waals surface area contributed by atoms with Crippen LogP contribution in [0.5, 0.6) is 11.5 Å². The monoisotopic (exact) mass is 283 g/mol. The third-order valence-corrected chi connectivity index (χ3v) is 2.75. The summed E-state index contributed by atoms with van der Waals surface area (Å²) in [5.41, 5.74) is 0.637. The third-order valence-electron chi connectivity index (χ3n) is 2.58. The van der Waals surface area contributed by atoms with Crippen molar-refractivity contribution in [1.82, 2.24) is 9.97 Å². The molecule has 0 unspecified atom stereocenters. The van der Waals surface area contributed by atoms with E-state index in [1.165, 1.54) is 0 Å². The maximum atomic E-state index is 8.87. The molecule has 19 heavy (non-hydrogen) atoms. The number of halogens is 1. The average Bonchev–Trinajstić information content (AvgIpc) is 2.43. The summed E-state index contributed by atoms with van der Waals surface area (Å²) < 4.78 is 10.5. The SMILES string of the molecule is COc1cc2nc(Cl)nc(NCCO)c2cc1OC. The van der Waals surface area contributed by atoms with Gasteiger partial charge in [-0.25, -0.2) is 9.97 Å². The molecule has 0 saturated heterocycles. The molecule has 0 bridgehead atoms. The lowest BCUT2D eigenvalue weighted by Gasteiger charge is -2.12. The number of ether oxygens (including phenoxy) is 2. The number of nitrogens with one attached hydrogen (secondary N) is 1. The summed E-state index contributed by atoms with van der Waals surface area (Å²) in [5.74, 6) is 1.69. The van der Waals surface area contributed by atoms with Gasteiger partial charge in [-0.05, 0) is 17.7 Å². The molecule has 2 N–H and O–H groups in total. The average molecular weight is 284 g/mol. The molecule has 0 amide bonds. The molecule has 0 fully saturated rings. The Labute approximate surface area is 115 Å². The summed E-state index contributed by atoms with van der Waals surface area (Å²) in [6.07, 6.45) is 0. The molecule has 0 atom stereocenters. The highest BCUT2D eigenvalue weighted by molar-refractivity contribution is 6.28. The standard InChI is InChI=1S/C12H14ClN3O3/c1-18-9-5-7-8(6-10(9)19-2)15-12(13)16-11(7)14-3-4-17/h5-6,17H,3-4H2,1-2H3,(H,14,15,16). The first-order valence-corrected chi connectivity index (χ1v) is 6.01. The Morgan fingerprint density at radius 3 is 2.53 bits per heavy atom. The minimum atomic E-state index is -0.00357. The van der Waals surface area contributed by atoms with Crippen LogP contribution in [0.1, 0.15) is 0 Å². The van der Waals surface area contributed by atoms with Gasteiger partial charge in [0.15, 0.2) is 11.5 Å². The van der Waals surface area contributed by atoms with Gasteiger partial charge in [0.05, 0.1) is 26.3 Å². The molecule has 0 spiro atoms. The number of aromatic nitrogens is 2. The lowest BCUT2D eigenvalue weighted by Crippen LogP contribution is -2.08.